The molecule has 1 aromatic rings. The van der Waals surface area contributed by atoms with Gasteiger partial charge in [0.25, 0.3) is 0 Å². The Bertz CT molecular complexity index is 358. The molecule has 0 radical (unpaired) electrons. The van der Waals surface area contributed by atoms with E-state index >= 15 is 0 Å². The molecule has 0 aliphatic heterocycles. The fourth-order valence-corrected chi connectivity index (χ4v) is 1.94. The van der Waals surface area contributed by atoms with E-state index in [4.69, 9.17) is 6.42 Å². The molecule has 0 spiro atoms. The van der Waals surface area contributed by atoms with Crippen molar-refractivity contribution in [3.8, 4) is 12.3 Å². The zero-order chi connectivity index (χ0) is 12.7. The molecule has 1 rings (SSSR count). The zero-order valence-electron chi connectivity index (χ0n) is 11.2. The molecular weight excluding hydrogens is 206 g/mol. The van der Waals surface area contributed by atoms with Crippen molar-refractivity contribution >= 4 is 0 Å². The van der Waals surface area contributed by atoms with Crippen LogP contribution < -0.4 is 5.32 Å². The van der Waals surface area contributed by atoms with Crippen molar-refractivity contribution in [2.45, 2.75) is 52.1 Å². The SMILES string of the molecule is C#CC(CCC)NC(C)c1ccc(CC)cc1. The van der Waals surface area contributed by atoms with Crippen molar-refractivity contribution < 1.29 is 0 Å². The summed E-state index contributed by atoms with van der Waals surface area (Å²) in [6.07, 6.45) is 8.76. The van der Waals surface area contributed by atoms with E-state index in [9.17, 15) is 0 Å². The lowest BCUT2D eigenvalue weighted by atomic mass is 10.0. The number of terminal acetylenes is 1. The highest BCUT2D eigenvalue weighted by Crippen LogP contribution is 2.15. The van der Waals surface area contributed by atoms with E-state index < -0.39 is 0 Å². The van der Waals surface area contributed by atoms with E-state index in [2.05, 4.69) is 56.3 Å². The molecule has 0 bridgehead atoms. The number of nitrogens with one attached hydrogen (secondary N) is 1. The summed E-state index contributed by atoms with van der Waals surface area (Å²) in [6, 6.07) is 9.26. The summed E-state index contributed by atoms with van der Waals surface area (Å²) in [6.45, 7) is 6.50. The lowest BCUT2D eigenvalue weighted by Gasteiger charge is -2.19. The van der Waals surface area contributed by atoms with Crippen molar-refractivity contribution in [1.29, 1.82) is 0 Å². The third-order valence-corrected chi connectivity index (χ3v) is 3.12. The van der Waals surface area contributed by atoms with Crippen LogP contribution in [0.5, 0.6) is 0 Å². The van der Waals surface area contributed by atoms with Crippen LogP contribution in [-0.4, -0.2) is 6.04 Å². The normalized spacial score (nSPS) is 14.0. The van der Waals surface area contributed by atoms with Crippen molar-refractivity contribution in [2.24, 2.45) is 0 Å². The van der Waals surface area contributed by atoms with Gasteiger partial charge in [-0.05, 0) is 30.9 Å². The Morgan fingerprint density at radius 3 is 2.35 bits per heavy atom. The molecule has 0 heterocycles. The maximum Gasteiger partial charge on any atom is 0.0691 e. The van der Waals surface area contributed by atoms with Gasteiger partial charge in [-0.15, -0.1) is 6.42 Å². The first kappa shape index (κ1) is 13.8. The number of hydrogen-bond acceptors (Lipinski definition) is 1. The summed E-state index contributed by atoms with van der Waals surface area (Å²) < 4.78 is 0. The van der Waals surface area contributed by atoms with Crippen LogP contribution in [0.15, 0.2) is 24.3 Å². The van der Waals surface area contributed by atoms with Gasteiger partial charge in [-0.25, -0.2) is 0 Å². The standard InChI is InChI=1S/C16H23N/c1-5-8-16(7-3)17-13(4)15-11-9-14(6-2)10-12-15/h3,9-13,16-17H,5-6,8H2,1-2,4H3. The van der Waals surface area contributed by atoms with Gasteiger partial charge in [0, 0.05) is 6.04 Å². The highest BCUT2D eigenvalue weighted by molar-refractivity contribution is 5.25. The van der Waals surface area contributed by atoms with E-state index in [1.54, 1.807) is 0 Å². The molecule has 0 amide bonds. The van der Waals surface area contributed by atoms with Gasteiger partial charge in [0.1, 0.15) is 0 Å². The van der Waals surface area contributed by atoms with Gasteiger partial charge in [0.05, 0.1) is 6.04 Å². The highest BCUT2D eigenvalue weighted by atomic mass is 14.9. The predicted molar refractivity (Wildman–Crippen MR) is 74.9 cm³/mol. The zero-order valence-corrected chi connectivity index (χ0v) is 11.2. The highest BCUT2D eigenvalue weighted by Gasteiger charge is 2.10. The minimum atomic E-state index is 0.181. The summed E-state index contributed by atoms with van der Waals surface area (Å²) >= 11 is 0. The molecular formula is C16H23N. The lowest BCUT2D eigenvalue weighted by molar-refractivity contribution is 0.495. The minimum absolute atomic E-state index is 0.181. The Hall–Kier alpha value is -1.26. The Balaban J connectivity index is 2.62. The van der Waals surface area contributed by atoms with Gasteiger partial charge in [-0.1, -0.05) is 50.5 Å². The Labute approximate surface area is 106 Å². The van der Waals surface area contributed by atoms with E-state index in [0.717, 1.165) is 19.3 Å². The monoisotopic (exact) mass is 229 g/mol. The van der Waals surface area contributed by atoms with Gasteiger partial charge in [0.2, 0.25) is 0 Å². The van der Waals surface area contributed by atoms with Crippen molar-refractivity contribution in [3.05, 3.63) is 35.4 Å². The Morgan fingerprint density at radius 2 is 1.88 bits per heavy atom. The number of benzene rings is 1. The fraction of sp³-hybridized carbons (Fsp3) is 0.500. The van der Waals surface area contributed by atoms with E-state index in [1.807, 2.05) is 0 Å². The second-order valence-corrected chi connectivity index (χ2v) is 4.49. The molecule has 0 saturated carbocycles. The molecule has 2 atom stereocenters. The van der Waals surface area contributed by atoms with Crippen LogP contribution in [0.3, 0.4) is 0 Å². The predicted octanol–water partition coefficient (Wildman–Crippen LogP) is 3.70. The van der Waals surface area contributed by atoms with E-state index in [1.165, 1.54) is 11.1 Å². The summed E-state index contributed by atoms with van der Waals surface area (Å²) in [7, 11) is 0. The van der Waals surface area contributed by atoms with Crippen LogP contribution in [0, 0.1) is 12.3 Å². The second-order valence-electron chi connectivity index (χ2n) is 4.49. The average molecular weight is 229 g/mol. The van der Waals surface area contributed by atoms with Crippen molar-refractivity contribution in [3.63, 3.8) is 0 Å². The first-order chi connectivity index (χ1) is 8.21. The molecule has 1 aromatic carbocycles. The maximum atomic E-state index is 5.52. The lowest BCUT2D eigenvalue weighted by Crippen LogP contribution is -2.30. The van der Waals surface area contributed by atoms with Crippen molar-refractivity contribution in [2.75, 3.05) is 0 Å². The largest absolute Gasteiger partial charge is 0.297 e. The molecule has 17 heavy (non-hydrogen) atoms. The first-order valence-corrected chi connectivity index (χ1v) is 6.52. The van der Waals surface area contributed by atoms with Gasteiger partial charge < -0.3 is 0 Å². The first-order valence-electron chi connectivity index (χ1n) is 6.52. The maximum absolute atomic E-state index is 5.52. The topological polar surface area (TPSA) is 12.0 Å². The van der Waals surface area contributed by atoms with Gasteiger partial charge in [-0.3, -0.25) is 5.32 Å². The van der Waals surface area contributed by atoms with Gasteiger partial charge in [-0.2, -0.15) is 0 Å². The van der Waals surface area contributed by atoms with Crippen LogP contribution in [-0.2, 0) is 6.42 Å². The third-order valence-electron chi connectivity index (χ3n) is 3.12. The number of hydrogen-bond donors (Lipinski definition) is 1. The summed E-state index contributed by atoms with van der Waals surface area (Å²) in [5.41, 5.74) is 2.68. The van der Waals surface area contributed by atoms with E-state index in [-0.39, 0.29) is 6.04 Å². The molecule has 2 unspecified atom stereocenters. The number of rotatable bonds is 6. The third kappa shape index (κ3) is 4.24. The minimum Gasteiger partial charge on any atom is -0.297 e. The van der Waals surface area contributed by atoms with Gasteiger partial charge >= 0.3 is 0 Å². The van der Waals surface area contributed by atoms with Gasteiger partial charge in [0.15, 0.2) is 0 Å². The molecule has 0 aliphatic rings. The van der Waals surface area contributed by atoms with Crippen molar-refractivity contribution in [1.82, 2.24) is 5.32 Å². The molecule has 0 aromatic heterocycles. The summed E-state index contributed by atoms with van der Waals surface area (Å²) in [5, 5.41) is 3.49. The van der Waals surface area contributed by atoms with Crippen LogP contribution in [0.4, 0.5) is 0 Å². The summed E-state index contributed by atoms with van der Waals surface area (Å²) in [5.74, 6) is 2.82. The molecule has 1 heteroatoms. The van der Waals surface area contributed by atoms with E-state index in [0.29, 0.717) is 6.04 Å². The van der Waals surface area contributed by atoms with Crippen LogP contribution >= 0.6 is 0 Å². The Morgan fingerprint density at radius 1 is 1.24 bits per heavy atom. The summed E-state index contributed by atoms with van der Waals surface area (Å²) in [4.78, 5) is 0. The second kappa shape index (κ2) is 7.14. The van der Waals surface area contributed by atoms with Crippen LogP contribution in [0.25, 0.3) is 0 Å². The van der Waals surface area contributed by atoms with Crippen LogP contribution in [0.1, 0.15) is 50.8 Å². The number of aryl methyl sites for hydroxylation is 1. The van der Waals surface area contributed by atoms with Crippen LogP contribution in [0.2, 0.25) is 0 Å². The molecule has 1 N–H and O–H groups in total. The quantitative estimate of drug-likeness (QED) is 0.733. The molecule has 0 fully saturated rings. The Kier molecular flexibility index (Phi) is 5.80. The molecule has 0 aliphatic carbocycles. The smallest absolute Gasteiger partial charge is 0.0691 e. The molecule has 92 valence electrons. The molecule has 1 nitrogen and oxygen atoms in total. The average Bonchev–Trinajstić information content (AvgIpc) is 2.38. The molecule has 0 saturated heterocycles. The fourth-order valence-electron chi connectivity index (χ4n) is 1.94.